The molecule has 3 rings (SSSR count). The van der Waals surface area contributed by atoms with Gasteiger partial charge < -0.3 is 20.1 Å². The molecule has 9 nitrogen and oxygen atoms in total. The van der Waals surface area contributed by atoms with E-state index in [4.69, 9.17) is 14.7 Å². The minimum atomic E-state index is -0.536. The molecule has 0 aromatic heterocycles. The quantitative estimate of drug-likeness (QED) is 0.398. The zero-order valence-electron chi connectivity index (χ0n) is 14.2. The summed E-state index contributed by atoms with van der Waals surface area (Å²) in [7, 11) is 0. The van der Waals surface area contributed by atoms with Crippen LogP contribution in [-0.2, 0) is 16.1 Å². The highest BCUT2D eigenvalue weighted by Gasteiger charge is 2.29. The summed E-state index contributed by atoms with van der Waals surface area (Å²) in [5, 5.41) is 14.3. The zero-order chi connectivity index (χ0) is 19.2. The first-order valence-corrected chi connectivity index (χ1v) is 9.04. The maximum atomic E-state index is 12.1. The van der Waals surface area contributed by atoms with Gasteiger partial charge >= 0.3 is 0 Å². The minimum absolute atomic E-state index is 0.107. The monoisotopic (exact) mass is 388 g/mol. The van der Waals surface area contributed by atoms with E-state index in [1.807, 2.05) is 6.07 Å². The van der Waals surface area contributed by atoms with Crippen LogP contribution in [-0.4, -0.2) is 47.6 Å². The van der Waals surface area contributed by atoms with Gasteiger partial charge in [-0.2, -0.15) is 5.26 Å². The van der Waals surface area contributed by atoms with Gasteiger partial charge in [-0.3, -0.25) is 19.3 Å². The topological polar surface area (TPSA) is 121 Å². The summed E-state index contributed by atoms with van der Waals surface area (Å²) < 4.78 is 10.5. The molecule has 2 aliphatic rings. The second kappa shape index (κ2) is 8.46. The van der Waals surface area contributed by atoms with Gasteiger partial charge in [0.05, 0.1) is 5.75 Å². The standard InChI is InChI=1S/C17H16N4O5S/c18-6-12(8-19-3-4-21-15(22)9-27-17(21)24)16(23)20-7-11-1-2-13-14(5-11)26-10-25-13/h1-2,5,8,19H,3-4,7,9-10H2,(H,20,23)/b12-8-. The van der Waals surface area contributed by atoms with E-state index in [1.165, 1.54) is 6.20 Å². The van der Waals surface area contributed by atoms with Crippen molar-refractivity contribution in [1.29, 1.82) is 5.26 Å². The van der Waals surface area contributed by atoms with Gasteiger partial charge in [-0.15, -0.1) is 0 Å². The molecule has 10 heteroatoms. The Morgan fingerprint density at radius 1 is 1.33 bits per heavy atom. The fourth-order valence-corrected chi connectivity index (χ4v) is 3.18. The number of amides is 3. The lowest BCUT2D eigenvalue weighted by Gasteiger charge is -2.12. The number of nitriles is 1. The molecule has 0 spiro atoms. The molecule has 0 bridgehead atoms. The molecule has 0 aliphatic carbocycles. The molecule has 2 aliphatic heterocycles. The summed E-state index contributed by atoms with van der Waals surface area (Å²) in [6.07, 6.45) is 1.27. The number of imide groups is 1. The smallest absolute Gasteiger partial charge is 0.288 e. The predicted octanol–water partition coefficient (Wildman–Crippen LogP) is 0.724. The molecule has 2 N–H and O–H groups in total. The van der Waals surface area contributed by atoms with Crippen LogP contribution in [0.1, 0.15) is 5.56 Å². The third kappa shape index (κ3) is 4.51. The molecule has 2 heterocycles. The van der Waals surface area contributed by atoms with E-state index in [-0.39, 0.29) is 48.9 Å². The van der Waals surface area contributed by atoms with Crippen molar-refractivity contribution >= 4 is 28.8 Å². The summed E-state index contributed by atoms with van der Waals surface area (Å²) in [6, 6.07) is 7.13. The number of thioether (sulfide) groups is 1. The van der Waals surface area contributed by atoms with Crippen molar-refractivity contribution in [3.63, 3.8) is 0 Å². The third-order valence-corrected chi connectivity index (χ3v) is 4.68. The van der Waals surface area contributed by atoms with Crippen LogP contribution in [0, 0.1) is 11.3 Å². The van der Waals surface area contributed by atoms with Crippen LogP contribution in [0.5, 0.6) is 11.5 Å². The molecule has 1 saturated heterocycles. The Labute approximate surface area is 159 Å². The molecule has 1 fully saturated rings. The average molecular weight is 388 g/mol. The fourth-order valence-electron chi connectivity index (χ4n) is 2.42. The number of ether oxygens (including phenoxy) is 2. The van der Waals surface area contributed by atoms with E-state index in [0.717, 1.165) is 22.2 Å². The molecule has 0 radical (unpaired) electrons. The molecule has 140 valence electrons. The number of hydrogen-bond donors (Lipinski definition) is 2. The largest absolute Gasteiger partial charge is 0.454 e. The van der Waals surface area contributed by atoms with Crippen LogP contribution in [0.25, 0.3) is 0 Å². The van der Waals surface area contributed by atoms with Crippen LogP contribution < -0.4 is 20.1 Å². The van der Waals surface area contributed by atoms with Gasteiger partial charge in [-0.25, -0.2) is 0 Å². The lowest BCUT2D eigenvalue weighted by molar-refractivity contribution is -0.124. The van der Waals surface area contributed by atoms with Gasteiger partial charge in [-0.1, -0.05) is 17.8 Å². The fraction of sp³-hybridized carbons (Fsp3) is 0.294. The number of fused-ring (bicyclic) bond motifs is 1. The Balaban J connectivity index is 1.47. The predicted molar refractivity (Wildman–Crippen MR) is 95.7 cm³/mol. The molecule has 1 aromatic rings. The van der Waals surface area contributed by atoms with Crippen LogP contribution in [0.2, 0.25) is 0 Å². The summed E-state index contributed by atoms with van der Waals surface area (Å²) >= 11 is 0.960. The number of carbonyl (C=O) groups is 3. The molecule has 3 amide bonds. The van der Waals surface area contributed by atoms with E-state index in [1.54, 1.807) is 18.2 Å². The van der Waals surface area contributed by atoms with Gasteiger partial charge in [0.1, 0.15) is 11.6 Å². The number of nitrogens with one attached hydrogen (secondary N) is 2. The van der Waals surface area contributed by atoms with Gasteiger partial charge in [-0.05, 0) is 17.7 Å². The van der Waals surface area contributed by atoms with E-state index in [9.17, 15) is 14.4 Å². The summed E-state index contributed by atoms with van der Waals surface area (Å²) in [5.74, 6) is 0.647. The highest BCUT2D eigenvalue weighted by atomic mass is 32.2. The number of rotatable bonds is 7. The molecule has 0 atom stereocenters. The average Bonchev–Trinajstić information content (AvgIpc) is 3.26. The van der Waals surface area contributed by atoms with E-state index < -0.39 is 5.91 Å². The first kappa shape index (κ1) is 18.6. The van der Waals surface area contributed by atoms with Gasteiger partial charge in [0.2, 0.25) is 12.7 Å². The molecule has 27 heavy (non-hydrogen) atoms. The van der Waals surface area contributed by atoms with E-state index in [0.29, 0.717) is 11.5 Å². The number of nitrogens with zero attached hydrogens (tertiary/aromatic N) is 2. The molecule has 0 saturated carbocycles. The minimum Gasteiger partial charge on any atom is -0.454 e. The number of carbonyl (C=O) groups excluding carboxylic acids is 3. The third-order valence-electron chi connectivity index (χ3n) is 3.82. The molecule has 0 unspecified atom stereocenters. The SMILES string of the molecule is N#C/C(=C/NCCN1C(=O)CSC1=O)C(=O)NCc1ccc2c(c1)OCO2. The number of hydrogen-bond acceptors (Lipinski definition) is 8. The lowest BCUT2D eigenvalue weighted by Crippen LogP contribution is -2.34. The summed E-state index contributed by atoms with van der Waals surface area (Å²) in [4.78, 5) is 36.2. The van der Waals surface area contributed by atoms with Crippen molar-refractivity contribution in [3.05, 3.63) is 35.5 Å². The van der Waals surface area contributed by atoms with Crippen LogP contribution in [0.15, 0.2) is 30.0 Å². The molecule has 1 aromatic carbocycles. The maximum Gasteiger partial charge on any atom is 0.288 e. The van der Waals surface area contributed by atoms with E-state index in [2.05, 4.69) is 10.6 Å². The first-order chi connectivity index (χ1) is 13.1. The second-order valence-corrected chi connectivity index (χ2v) is 6.52. The Morgan fingerprint density at radius 3 is 2.89 bits per heavy atom. The summed E-state index contributed by atoms with van der Waals surface area (Å²) in [6.45, 7) is 0.825. The van der Waals surface area contributed by atoms with Crippen molar-refractivity contribution in [3.8, 4) is 17.6 Å². The van der Waals surface area contributed by atoms with Crippen LogP contribution >= 0.6 is 11.8 Å². The normalized spacial score (nSPS) is 15.7. The van der Waals surface area contributed by atoms with E-state index >= 15 is 0 Å². The Morgan fingerprint density at radius 2 is 2.15 bits per heavy atom. The zero-order valence-corrected chi connectivity index (χ0v) is 15.0. The molecular weight excluding hydrogens is 372 g/mol. The van der Waals surface area contributed by atoms with Crippen molar-refractivity contribution in [2.24, 2.45) is 0 Å². The maximum absolute atomic E-state index is 12.1. The van der Waals surface area contributed by atoms with Crippen molar-refractivity contribution < 1.29 is 23.9 Å². The van der Waals surface area contributed by atoms with Gasteiger partial charge in [0.15, 0.2) is 11.5 Å². The lowest BCUT2D eigenvalue weighted by atomic mass is 10.2. The Kier molecular flexibility index (Phi) is 5.83. The molecular formula is C17H16N4O5S. The second-order valence-electron chi connectivity index (χ2n) is 5.59. The summed E-state index contributed by atoms with van der Waals surface area (Å²) in [5.41, 5.74) is 0.700. The number of benzene rings is 1. The van der Waals surface area contributed by atoms with Crippen LogP contribution in [0.3, 0.4) is 0 Å². The van der Waals surface area contributed by atoms with Crippen molar-refractivity contribution in [1.82, 2.24) is 15.5 Å². The van der Waals surface area contributed by atoms with Gasteiger partial charge in [0.25, 0.3) is 11.1 Å². The highest BCUT2D eigenvalue weighted by molar-refractivity contribution is 8.14. The highest BCUT2D eigenvalue weighted by Crippen LogP contribution is 2.32. The van der Waals surface area contributed by atoms with Crippen LogP contribution in [0.4, 0.5) is 4.79 Å². The van der Waals surface area contributed by atoms with Crippen molar-refractivity contribution in [2.45, 2.75) is 6.54 Å². The Bertz CT molecular complexity index is 832. The first-order valence-electron chi connectivity index (χ1n) is 8.06. The van der Waals surface area contributed by atoms with Crippen molar-refractivity contribution in [2.75, 3.05) is 25.6 Å². The Hall–Kier alpha value is -3.19. The van der Waals surface area contributed by atoms with Gasteiger partial charge in [0, 0.05) is 25.8 Å².